The largest absolute Gasteiger partial charge is 0.346 e. The molecule has 0 radical (unpaired) electrons. The Bertz CT molecular complexity index is 681. The molecule has 2 aliphatic rings. The number of nitrogens with zero attached hydrogens (tertiary/aromatic N) is 2. The number of aromatic nitrogens is 2. The van der Waals surface area contributed by atoms with Crippen molar-refractivity contribution in [2.45, 2.75) is 44.9 Å². The maximum atomic E-state index is 12.8. The highest BCUT2D eigenvalue weighted by atomic mass is 32.1. The molecule has 0 aromatic carbocycles. The predicted octanol–water partition coefficient (Wildman–Crippen LogP) is 3.29. The Morgan fingerprint density at radius 1 is 1.41 bits per heavy atom. The number of amides is 1. The molecule has 1 unspecified atom stereocenters. The molecule has 4 nitrogen and oxygen atoms in total. The molecule has 22 heavy (non-hydrogen) atoms. The molecule has 4 rings (SSSR count). The Hall–Kier alpha value is -1.62. The zero-order valence-corrected chi connectivity index (χ0v) is 13.7. The van der Waals surface area contributed by atoms with Crippen molar-refractivity contribution in [3.05, 3.63) is 39.1 Å². The van der Waals surface area contributed by atoms with Gasteiger partial charge in [0.05, 0.1) is 4.88 Å². The Morgan fingerprint density at radius 3 is 3.09 bits per heavy atom. The standard InChI is InChI=1S/C17H21N3OS/c1-11-9-18-16(19-11)13-5-3-7-20(10-13)17(21)15-8-12-4-2-6-14(12)22-15/h8-9,13H,2-7,10H2,1H3,(H,18,19). The Labute approximate surface area is 134 Å². The number of carbonyl (C=O) groups excluding carboxylic acids is 1. The molecule has 1 aliphatic carbocycles. The third-order valence-electron chi connectivity index (χ3n) is 4.78. The van der Waals surface area contributed by atoms with Crippen molar-refractivity contribution in [1.82, 2.24) is 14.9 Å². The molecule has 1 N–H and O–H groups in total. The molecular formula is C17H21N3OS. The first kappa shape index (κ1) is 14.0. The fraction of sp³-hybridized carbons (Fsp3) is 0.529. The molecule has 116 valence electrons. The van der Waals surface area contributed by atoms with E-state index < -0.39 is 0 Å². The van der Waals surface area contributed by atoms with Gasteiger partial charge in [0.25, 0.3) is 5.91 Å². The van der Waals surface area contributed by atoms with E-state index in [1.807, 2.05) is 18.0 Å². The van der Waals surface area contributed by atoms with Crippen molar-refractivity contribution in [2.75, 3.05) is 13.1 Å². The normalized spacial score (nSPS) is 21.1. The Balaban J connectivity index is 1.50. The maximum absolute atomic E-state index is 12.8. The second-order valence-electron chi connectivity index (χ2n) is 6.45. The summed E-state index contributed by atoms with van der Waals surface area (Å²) in [6.45, 7) is 3.68. The average Bonchev–Trinajstić information content (AvgIpc) is 3.21. The number of H-pyrrole nitrogens is 1. The number of carbonyl (C=O) groups is 1. The third-order valence-corrected chi connectivity index (χ3v) is 6.00. The van der Waals surface area contributed by atoms with Crippen LogP contribution in [-0.2, 0) is 12.8 Å². The van der Waals surface area contributed by atoms with Crippen LogP contribution in [0.15, 0.2) is 12.3 Å². The summed E-state index contributed by atoms with van der Waals surface area (Å²) in [6.07, 6.45) is 7.59. The average molecular weight is 315 g/mol. The fourth-order valence-electron chi connectivity index (χ4n) is 3.62. The van der Waals surface area contributed by atoms with Gasteiger partial charge in [0.1, 0.15) is 5.82 Å². The Kier molecular flexibility index (Phi) is 3.53. The number of hydrogen-bond acceptors (Lipinski definition) is 3. The number of aromatic amines is 1. The van der Waals surface area contributed by atoms with Gasteiger partial charge in [0.15, 0.2) is 0 Å². The number of piperidine rings is 1. The second-order valence-corrected chi connectivity index (χ2v) is 7.59. The van der Waals surface area contributed by atoms with Crippen molar-refractivity contribution in [3.8, 4) is 0 Å². The first-order valence-electron chi connectivity index (χ1n) is 8.13. The number of thiophene rings is 1. The van der Waals surface area contributed by atoms with Crippen LogP contribution in [0.2, 0.25) is 0 Å². The highest BCUT2D eigenvalue weighted by Gasteiger charge is 2.28. The minimum atomic E-state index is 0.215. The highest BCUT2D eigenvalue weighted by molar-refractivity contribution is 7.14. The smallest absolute Gasteiger partial charge is 0.263 e. The molecule has 1 amide bonds. The Morgan fingerprint density at radius 2 is 2.32 bits per heavy atom. The zero-order valence-electron chi connectivity index (χ0n) is 12.9. The predicted molar refractivity (Wildman–Crippen MR) is 87.5 cm³/mol. The van der Waals surface area contributed by atoms with Gasteiger partial charge in [-0.3, -0.25) is 4.79 Å². The number of likely N-dealkylation sites (tertiary alicyclic amines) is 1. The van der Waals surface area contributed by atoms with Gasteiger partial charge in [-0.1, -0.05) is 0 Å². The van der Waals surface area contributed by atoms with Crippen molar-refractivity contribution >= 4 is 17.2 Å². The minimum absolute atomic E-state index is 0.215. The molecule has 1 fully saturated rings. The third kappa shape index (κ3) is 2.47. The molecule has 2 aromatic heterocycles. The van der Waals surface area contributed by atoms with Gasteiger partial charge in [0.2, 0.25) is 0 Å². The van der Waals surface area contributed by atoms with Crippen molar-refractivity contribution < 1.29 is 4.79 Å². The van der Waals surface area contributed by atoms with Crippen molar-refractivity contribution in [2.24, 2.45) is 0 Å². The lowest BCUT2D eigenvalue weighted by Gasteiger charge is -2.31. The number of hydrogen-bond donors (Lipinski definition) is 1. The lowest BCUT2D eigenvalue weighted by Crippen LogP contribution is -2.39. The van der Waals surface area contributed by atoms with Gasteiger partial charge in [-0.25, -0.2) is 4.98 Å². The van der Waals surface area contributed by atoms with Crippen LogP contribution in [0.5, 0.6) is 0 Å². The summed E-state index contributed by atoms with van der Waals surface area (Å²) >= 11 is 1.71. The van der Waals surface area contributed by atoms with Crippen LogP contribution in [0.3, 0.4) is 0 Å². The van der Waals surface area contributed by atoms with E-state index in [1.54, 1.807) is 11.3 Å². The number of fused-ring (bicyclic) bond motifs is 1. The monoisotopic (exact) mass is 315 g/mol. The number of imidazole rings is 1. The van der Waals surface area contributed by atoms with E-state index in [0.29, 0.717) is 5.92 Å². The highest BCUT2D eigenvalue weighted by Crippen LogP contribution is 2.32. The van der Waals surface area contributed by atoms with Crippen molar-refractivity contribution in [1.29, 1.82) is 0 Å². The van der Waals surface area contributed by atoms with Gasteiger partial charge in [-0.05, 0) is 50.7 Å². The van der Waals surface area contributed by atoms with Crippen LogP contribution in [0.4, 0.5) is 0 Å². The SMILES string of the molecule is Cc1cnc(C2CCCN(C(=O)c3cc4c(s3)CCC4)C2)[nH]1. The lowest BCUT2D eigenvalue weighted by atomic mass is 9.97. The first-order chi connectivity index (χ1) is 10.7. The maximum Gasteiger partial charge on any atom is 0.263 e. The van der Waals surface area contributed by atoms with Gasteiger partial charge in [0, 0.05) is 35.8 Å². The van der Waals surface area contributed by atoms with Crippen LogP contribution >= 0.6 is 11.3 Å². The van der Waals surface area contributed by atoms with E-state index in [0.717, 1.165) is 55.2 Å². The summed E-state index contributed by atoms with van der Waals surface area (Å²) < 4.78 is 0. The lowest BCUT2D eigenvalue weighted by molar-refractivity contribution is 0.0709. The summed E-state index contributed by atoms with van der Waals surface area (Å²) in [5.74, 6) is 1.59. The van der Waals surface area contributed by atoms with E-state index in [4.69, 9.17) is 0 Å². The molecule has 1 atom stereocenters. The molecule has 0 bridgehead atoms. The number of aryl methyl sites for hydroxylation is 3. The fourth-order valence-corrected chi connectivity index (χ4v) is 4.84. The van der Waals surface area contributed by atoms with Crippen LogP contribution in [0, 0.1) is 6.92 Å². The van der Waals surface area contributed by atoms with Crippen LogP contribution in [-0.4, -0.2) is 33.9 Å². The van der Waals surface area contributed by atoms with Crippen LogP contribution < -0.4 is 0 Å². The summed E-state index contributed by atoms with van der Waals surface area (Å²) in [4.78, 5) is 25.0. The van der Waals surface area contributed by atoms with Crippen molar-refractivity contribution in [3.63, 3.8) is 0 Å². The van der Waals surface area contributed by atoms with Gasteiger partial charge >= 0.3 is 0 Å². The van der Waals surface area contributed by atoms with E-state index >= 15 is 0 Å². The summed E-state index contributed by atoms with van der Waals surface area (Å²) in [7, 11) is 0. The number of rotatable bonds is 2. The van der Waals surface area contributed by atoms with E-state index in [2.05, 4.69) is 16.0 Å². The van der Waals surface area contributed by atoms with E-state index in [1.165, 1.54) is 16.9 Å². The van der Waals surface area contributed by atoms with Gasteiger partial charge < -0.3 is 9.88 Å². The first-order valence-corrected chi connectivity index (χ1v) is 8.95. The van der Waals surface area contributed by atoms with E-state index in [9.17, 15) is 4.79 Å². The molecule has 5 heteroatoms. The minimum Gasteiger partial charge on any atom is -0.346 e. The molecule has 3 heterocycles. The molecule has 0 spiro atoms. The molecular weight excluding hydrogens is 294 g/mol. The van der Waals surface area contributed by atoms with Crippen LogP contribution in [0.25, 0.3) is 0 Å². The molecule has 2 aromatic rings. The summed E-state index contributed by atoms with van der Waals surface area (Å²) in [5.41, 5.74) is 2.50. The zero-order chi connectivity index (χ0) is 15.1. The van der Waals surface area contributed by atoms with Crippen LogP contribution in [0.1, 0.15) is 56.8 Å². The number of nitrogens with one attached hydrogen (secondary N) is 1. The van der Waals surface area contributed by atoms with Gasteiger partial charge in [-0.15, -0.1) is 11.3 Å². The molecule has 0 saturated carbocycles. The van der Waals surface area contributed by atoms with E-state index in [-0.39, 0.29) is 5.91 Å². The topological polar surface area (TPSA) is 49.0 Å². The summed E-state index contributed by atoms with van der Waals surface area (Å²) in [5, 5.41) is 0. The molecule has 1 saturated heterocycles. The summed E-state index contributed by atoms with van der Waals surface area (Å²) in [6, 6.07) is 2.13. The molecule has 1 aliphatic heterocycles. The second kappa shape index (κ2) is 5.54. The quantitative estimate of drug-likeness (QED) is 0.924. The van der Waals surface area contributed by atoms with Gasteiger partial charge in [-0.2, -0.15) is 0 Å².